The highest BCUT2D eigenvalue weighted by molar-refractivity contribution is 7.18. The molecule has 7 nitrogen and oxygen atoms in total. The van der Waals surface area contributed by atoms with E-state index in [4.69, 9.17) is 0 Å². The van der Waals surface area contributed by atoms with Crippen LogP contribution in [-0.4, -0.2) is 26.8 Å². The molecule has 3 aromatic rings. The molecule has 4 rings (SSSR count). The van der Waals surface area contributed by atoms with Gasteiger partial charge in [-0.15, -0.1) is 11.3 Å². The minimum absolute atomic E-state index is 0.0736. The van der Waals surface area contributed by atoms with Crippen molar-refractivity contribution in [1.82, 2.24) is 15.0 Å². The first-order chi connectivity index (χ1) is 13.6. The molecule has 1 amide bonds. The van der Waals surface area contributed by atoms with Crippen molar-refractivity contribution in [3.8, 4) is 5.75 Å². The monoisotopic (exact) mass is 396 g/mol. The molecule has 144 valence electrons. The summed E-state index contributed by atoms with van der Waals surface area (Å²) < 4.78 is 1.32. The third kappa shape index (κ3) is 3.68. The van der Waals surface area contributed by atoms with Crippen LogP contribution in [0.1, 0.15) is 35.3 Å². The molecule has 0 spiro atoms. The zero-order valence-electron chi connectivity index (χ0n) is 15.2. The first kappa shape index (κ1) is 18.4. The maximum atomic E-state index is 12.9. The van der Waals surface area contributed by atoms with E-state index in [-0.39, 0.29) is 17.9 Å². The summed E-state index contributed by atoms with van der Waals surface area (Å²) in [5.74, 6) is -0.360. The standard InChI is InChI=1S/C20H20N4O3S/c25-15-8-5-4-6-13(15)10-22-23-17(26)11-24-12-21-19-18(20(24)27)14-7-2-1-3-9-16(14)28-19/h4-6,8,10,12,25H,1-3,7,9,11H2,(H,23,26)/b22-10+. The smallest absolute Gasteiger partial charge is 0.262 e. The number of hydrazone groups is 1. The molecule has 0 unspecified atom stereocenters. The normalized spacial score (nSPS) is 14.1. The van der Waals surface area contributed by atoms with E-state index in [1.54, 1.807) is 29.5 Å². The summed E-state index contributed by atoms with van der Waals surface area (Å²) in [6.07, 6.45) is 8.07. The lowest BCUT2D eigenvalue weighted by molar-refractivity contribution is -0.121. The summed E-state index contributed by atoms with van der Waals surface area (Å²) in [6.45, 7) is -0.162. The van der Waals surface area contributed by atoms with E-state index in [1.807, 2.05) is 0 Å². The Kier molecular flexibility index (Phi) is 5.21. The van der Waals surface area contributed by atoms with E-state index in [0.29, 0.717) is 10.9 Å². The van der Waals surface area contributed by atoms with E-state index in [2.05, 4.69) is 15.5 Å². The predicted molar refractivity (Wildman–Crippen MR) is 109 cm³/mol. The van der Waals surface area contributed by atoms with Crippen LogP contribution in [0.3, 0.4) is 0 Å². The number of thiophene rings is 1. The van der Waals surface area contributed by atoms with Gasteiger partial charge in [0.1, 0.15) is 17.1 Å². The number of phenolic OH excluding ortho intramolecular Hbond substituents is 1. The van der Waals surface area contributed by atoms with Crippen molar-refractivity contribution >= 4 is 33.7 Å². The molecule has 0 fully saturated rings. The van der Waals surface area contributed by atoms with E-state index in [9.17, 15) is 14.7 Å². The summed E-state index contributed by atoms with van der Waals surface area (Å²) in [6, 6.07) is 6.67. The summed E-state index contributed by atoms with van der Waals surface area (Å²) >= 11 is 1.60. The Hall–Kier alpha value is -3.00. The number of aromatic nitrogens is 2. The molecule has 0 bridgehead atoms. The van der Waals surface area contributed by atoms with Gasteiger partial charge in [-0.3, -0.25) is 14.2 Å². The molecular weight excluding hydrogens is 376 g/mol. The van der Waals surface area contributed by atoms with Crippen molar-refractivity contribution in [2.24, 2.45) is 5.10 Å². The highest BCUT2D eigenvalue weighted by Gasteiger charge is 2.19. The number of phenols is 1. The lowest BCUT2D eigenvalue weighted by Crippen LogP contribution is -2.30. The highest BCUT2D eigenvalue weighted by Crippen LogP contribution is 2.32. The molecule has 2 heterocycles. The summed E-state index contributed by atoms with van der Waals surface area (Å²) in [5.41, 5.74) is 3.81. The third-order valence-electron chi connectivity index (χ3n) is 4.84. The number of carbonyl (C=O) groups excluding carboxylic acids is 1. The molecule has 0 aliphatic heterocycles. The molecular formula is C20H20N4O3S. The van der Waals surface area contributed by atoms with Gasteiger partial charge in [0, 0.05) is 10.4 Å². The van der Waals surface area contributed by atoms with Gasteiger partial charge in [0.15, 0.2) is 0 Å². The quantitative estimate of drug-likeness (QED) is 0.402. The van der Waals surface area contributed by atoms with Gasteiger partial charge in [0.05, 0.1) is 17.9 Å². The van der Waals surface area contributed by atoms with Crippen molar-refractivity contribution in [3.63, 3.8) is 0 Å². The molecule has 1 aromatic carbocycles. The van der Waals surface area contributed by atoms with Crippen LogP contribution in [0.5, 0.6) is 5.75 Å². The van der Waals surface area contributed by atoms with Crippen LogP contribution in [0.15, 0.2) is 40.5 Å². The van der Waals surface area contributed by atoms with Crippen LogP contribution >= 0.6 is 11.3 Å². The number of benzene rings is 1. The number of hydrogen-bond donors (Lipinski definition) is 2. The zero-order valence-corrected chi connectivity index (χ0v) is 16.0. The number of amides is 1. The first-order valence-corrected chi connectivity index (χ1v) is 10.0. The number of para-hydroxylation sites is 1. The summed E-state index contributed by atoms with van der Waals surface area (Å²) in [5, 5.41) is 14.2. The number of aromatic hydroxyl groups is 1. The van der Waals surface area contributed by atoms with Gasteiger partial charge in [-0.05, 0) is 43.4 Å². The number of nitrogens with one attached hydrogen (secondary N) is 1. The highest BCUT2D eigenvalue weighted by atomic mass is 32.1. The fourth-order valence-electron chi connectivity index (χ4n) is 3.43. The maximum absolute atomic E-state index is 12.9. The van der Waals surface area contributed by atoms with E-state index in [0.717, 1.165) is 36.1 Å². The molecule has 28 heavy (non-hydrogen) atoms. The van der Waals surface area contributed by atoms with Gasteiger partial charge in [-0.2, -0.15) is 5.10 Å². The lowest BCUT2D eigenvalue weighted by atomic mass is 10.1. The molecule has 1 aliphatic rings. The zero-order chi connectivity index (χ0) is 19.5. The van der Waals surface area contributed by atoms with Gasteiger partial charge < -0.3 is 5.11 Å². The van der Waals surface area contributed by atoms with E-state index in [1.165, 1.54) is 34.5 Å². The molecule has 0 saturated heterocycles. The summed E-state index contributed by atoms with van der Waals surface area (Å²) in [4.78, 5) is 31.5. The van der Waals surface area contributed by atoms with Crippen molar-refractivity contribution in [2.45, 2.75) is 38.6 Å². The van der Waals surface area contributed by atoms with Crippen LogP contribution < -0.4 is 11.0 Å². The average Bonchev–Trinajstić information content (AvgIpc) is 2.88. The van der Waals surface area contributed by atoms with Crippen LogP contribution in [-0.2, 0) is 24.2 Å². The Balaban J connectivity index is 1.52. The van der Waals surface area contributed by atoms with Crippen LogP contribution in [0.2, 0.25) is 0 Å². The lowest BCUT2D eigenvalue weighted by Gasteiger charge is -2.05. The molecule has 0 radical (unpaired) electrons. The topological polar surface area (TPSA) is 96.6 Å². The number of aryl methyl sites for hydroxylation is 2. The van der Waals surface area contributed by atoms with Crippen LogP contribution in [0.4, 0.5) is 0 Å². The Morgan fingerprint density at radius 3 is 2.96 bits per heavy atom. The minimum Gasteiger partial charge on any atom is -0.507 e. The maximum Gasteiger partial charge on any atom is 0.262 e. The molecule has 2 aromatic heterocycles. The van der Waals surface area contributed by atoms with Gasteiger partial charge in [0.25, 0.3) is 11.5 Å². The van der Waals surface area contributed by atoms with Crippen molar-refractivity contribution < 1.29 is 9.90 Å². The largest absolute Gasteiger partial charge is 0.507 e. The Bertz CT molecular complexity index is 1120. The SMILES string of the molecule is O=C(Cn1cnc2sc3c(c2c1=O)CCCCC3)N/N=C/c1ccccc1O. The minimum atomic E-state index is -0.434. The van der Waals surface area contributed by atoms with Gasteiger partial charge in [0.2, 0.25) is 0 Å². The fourth-order valence-corrected chi connectivity index (χ4v) is 4.65. The van der Waals surface area contributed by atoms with Crippen LogP contribution in [0, 0.1) is 0 Å². The van der Waals surface area contributed by atoms with E-state index < -0.39 is 5.91 Å². The van der Waals surface area contributed by atoms with Gasteiger partial charge in [-0.1, -0.05) is 18.6 Å². The number of fused-ring (bicyclic) bond motifs is 3. The summed E-state index contributed by atoms with van der Waals surface area (Å²) in [7, 11) is 0. The fraction of sp³-hybridized carbons (Fsp3) is 0.300. The van der Waals surface area contributed by atoms with E-state index >= 15 is 0 Å². The number of hydrogen-bond acceptors (Lipinski definition) is 6. The molecule has 2 N–H and O–H groups in total. The van der Waals surface area contributed by atoms with Gasteiger partial charge >= 0.3 is 0 Å². The first-order valence-electron chi connectivity index (χ1n) is 9.23. The van der Waals surface area contributed by atoms with Crippen molar-refractivity contribution in [1.29, 1.82) is 0 Å². The Morgan fingerprint density at radius 2 is 2.11 bits per heavy atom. The van der Waals surface area contributed by atoms with Crippen molar-refractivity contribution in [2.75, 3.05) is 0 Å². The molecule has 8 heteroatoms. The van der Waals surface area contributed by atoms with Crippen molar-refractivity contribution in [3.05, 3.63) is 57.0 Å². The predicted octanol–water partition coefficient (Wildman–Crippen LogP) is 2.58. The molecule has 0 atom stereocenters. The van der Waals surface area contributed by atoms with Crippen LogP contribution in [0.25, 0.3) is 10.2 Å². The molecule has 0 saturated carbocycles. The number of nitrogens with zero attached hydrogens (tertiary/aromatic N) is 3. The average molecular weight is 396 g/mol. The second-order valence-electron chi connectivity index (χ2n) is 6.77. The third-order valence-corrected chi connectivity index (χ3v) is 6.04. The Morgan fingerprint density at radius 1 is 1.29 bits per heavy atom. The second-order valence-corrected chi connectivity index (χ2v) is 7.86. The molecule has 1 aliphatic carbocycles. The Labute approximate surface area is 165 Å². The van der Waals surface area contributed by atoms with Gasteiger partial charge in [-0.25, -0.2) is 10.4 Å². The number of carbonyl (C=O) groups is 1. The second kappa shape index (κ2) is 7.93. The number of rotatable bonds is 4.